The summed E-state index contributed by atoms with van der Waals surface area (Å²) in [5, 5.41) is 3.43. The number of amides is 1. The molecule has 0 radical (unpaired) electrons. The zero-order chi connectivity index (χ0) is 18.4. The van der Waals surface area contributed by atoms with Gasteiger partial charge in [0.05, 0.1) is 24.8 Å². The number of halogens is 1. The van der Waals surface area contributed by atoms with Gasteiger partial charge in [0.15, 0.2) is 11.5 Å². The van der Waals surface area contributed by atoms with Gasteiger partial charge in [-0.2, -0.15) is 0 Å². The van der Waals surface area contributed by atoms with Crippen LogP contribution in [0.15, 0.2) is 24.8 Å². The molecule has 0 unspecified atom stereocenters. The van der Waals surface area contributed by atoms with Crippen LogP contribution in [0.5, 0.6) is 11.5 Å². The summed E-state index contributed by atoms with van der Waals surface area (Å²) in [5.41, 5.74) is 1.12. The monoisotopic (exact) mass is 379 g/mol. The first-order chi connectivity index (χ1) is 12.7. The lowest BCUT2D eigenvalue weighted by atomic mass is 10.1. The Labute approximate surface area is 159 Å². The van der Waals surface area contributed by atoms with Crippen LogP contribution in [0.25, 0.3) is 0 Å². The molecule has 2 aliphatic rings. The fourth-order valence-electron chi connectivity index (χ4n) is 3.18. The molecule has 0 aromatic heterocycles. The smallest absolute Gasteiger partial charge is 0.234 e. The number of fused-ring (bicyclic) bond motifs is 1. The predicted molar refractivity (Wildman–Crippen MR) is 102 cm³/mol. The maximum Gasteiger partial charge on any atom is 0.234 e. The Hall–Kier alpha value is -1.76. The number of hydrogen-bond acceptors (Lipinski definition) is 5. The summed E-state index contributed by atoms with van der Waals surface area (Å²) >= 11 is 6.38. The van der Waals surface area contributed by atoms with Crippen molar-refractivity contribution in [1.29, 1.82) is 0 Å². The van der Waals surface area contributed by atoms with E-state index >= 15 is 0 Å². The van der Waals surface area contributed by atoms with Gasteiger partial charge in [-0.25, -0.2) is 0 Å². The fourth-order valence-corrected chi connectivity index (χ4v) is 3.47. The Balaban J connectivity index is 1.52. The predicted octanol–water partition coefficient (Wildman–Crippen LogP) is 1.92. The van der Waals surface area contributed by atoms with Crippen molar-refractivity contribution in [2.45, 2.75) is 13.0 Å². The molecule has 2 aliphatic heterocycles. The van der Waals surface area contributed by atoms with Crippen LogP contribution in [0.4, 0.5) is 0 Å². The standard InChI is InChI=1S/C19H26ClN3O3/c1-2-4-21-18(24)14-23-7-5-22(6-8-23)13-15-11-16(20)19-17(12-15)25-9-3-10-26-19/h2,11-12H,1,3-10,13-14H2,(H,21,24). The molecule has 1 saturated heterocycles. The van der Waals surface area contributed by atoms with Crippen LogP contribution in [0, 0.1) is 0 Å². The molecule has 0 atom stereocenters. The number of carbonyl (C=O) groups is 1. The summed E-state index contributed by atoms with van der Waals surface area (Å²) in [6, 6.07) is 3.99. The Morgan fingerprint density at radius 1 is 1.19 bits per heavy atom. The summed E-state index contributed by atoms with van der Waals surface area (Å²) in [4.78, 5) is 16.3. The normalized spacial score (nSPS) is 18.2. The quantitative estimate of drug-likeness (QED) is 0.765. The molecule has 0 bridgehead atoms. The zero-order valence-corrected chi connectivity index (χ0v) is 15.8. The lowest BCUT2D eigenvalue weighted by molar-refractivity contribution is -0.122. The maximum absolute atomic E-state index is 11.8. The largest absolute Gasteiger partial charge is 0.489 e. The third kappa shape index (κ3) is 5.13. The van der Waals surface area contributed by atoms with Crippen LogP contribution in [0.1, 0.15) is 12.0 Å². The first-order valence-corrected chi connectivity index (χ1v) is 9.44. The molecule has 26 heavy (non-hydrogen) atoms. The van der Waals surface area contributed by atoms with E-state index in [1.807, 2.05) is 12.1 Å². The molecule has 2 heterocycles. The number of nitrogens with one attached hydrogen (secondary N) is 1. The van der Waals surface area contributed by atoms with Crippen LogP contribution in [-0.2, 0) is 11.3 Å². The van der Waals surface area contributed by atoms with Gasteiger partial charge in [0.2, 0.25) is 5.91 Å². The molecular formula is C19H26ClN3O3. The maximum atomic E-state index is 11.8. The first kappa shape index (κ1) is 19.0. The minimum atomic E-state index is 0.0491. The number of rotatable bonds is 6. The molecule has 0 spiro atoms. The van der Waals surface area contributed by atoms with Crippen molar-refractivity contribution in [3.05, 3.63) is 35.4 Å². The Morgan fingerprint density at radius 3 is 2.69 bits per heavy atom. The van der Waals surface area contributed by atoms with Crippen molar-refractivity contribution in [2.24, 2.45) is 0 Å². The summed E-state index contributed by atoms with van der Waals surface area (Å²) in [6.07, 6.45) is 2.55. The van der Waals surface area contributed by atoms with E-state index in [1.54, 1.807) is 6.08 Å². The van der Waals surface area contributed by atoms with Crippen LogP contribution in [0.3, 0.4) is 0 Å². The highest BCUT2D eigenvalue weighted by atomic mass is 35.5. The van der Waals surface area contributed by atoms with E-state index in [0.717, 1.165) is 50.5 Å². The van der Waals surface area contributed by atoms with Gasteiger partial charge in [0, 0.05) is 45.7 Å². The number of ether oxygens (including phenoxy) is 2. The molecule has 1 fully saturated rings. The average molecular weight is 380 g/mol. The highest BCUT2D eigenvalue weighted by Gasteiger charge is 2.21. The minimum Gasteiger partial charge on any atom is -0.489 e. The van der Waals surface area contributed by atoms with E-state index in [-0.39, 0.29) is 5.91 Å². The molecular weight excluding hydrogens is 354 g/mol. The molecule has 6 nitrogen and oxygen atoms in total. The number of hydrogen-bond donors (Lipinski definition) is 1. The van der Waals surface area contributed by atoms with E-state index in [4.69, 9.17) is 21.1 Å². The lowest BCUT2D eigenvalue weighted by Crippen LogP contribution is -2.49. The third-order valence-electron chi connectivity index (χ3n) is 4.54. The second kappa shape index (κ2) is 9.26. The third-order valence-corrected chi connectivity index (χ3v) is 4.82. The Morgan fingerprint density at radius 2 is 1.92 bits per heavy atom. The summed E-state index contributed by atoms with van der Waals surface area (Å²) in [6.45, 7) is 10.2. The molecule has 7 heteroatoms. The summed E-state index contributed by atoms with van der Waals surface area (Å²) < 4.78 is 11.4. The van der Waals surface area contributed by atoms with Gasteiger partial charge in [-0.15, -0.1) is 6.58 Å². The molecule has 1 aromatic rings. The van der Waals surface area contributed by atoms with Crippen molar-refractivity contribution in [1.82, 2.24) is 15.1 Å². The second-order valence-corrected chi connectivity index (χ2v) is 7.01. The summed E-state index contributed by atoms with van der Waals surface area (Å²) in [7, 11) is 0. The van der Waals surface area contributed by atoms with Crippen LogP contribution < -0.4 is 14.8 Å². The van der Waals surface area contributed by atoms with E-state index < -0.39 is 0 Å². The van der Waals surface area contributed by atoms with E-state index in [0.29, 0.717) is 37.1 Å². The van der Waals surface area contributed by atoms with Gasteiger partial charge in [-0.3, -0.25) is 14.6 Å². The van der Waals surface area contributed by atoms with E-state index in [1.165, 1.54) is 0 Å². The SMILES string of the molecule is C=CCNC(=O)CN1CCN(Cc2cc(Cl)c3c(c2)OCCCO3)CC1. The van der Waals surface area contributed by atoms with Gasteiger partial charge in [-0.1, -0.05) is 17.7 Å². The number of nitrogens with zero attached hydrogens (tertiary/aromatic N) is 2. The Bertz CT molecular complexity index is 645. The van der Waals surface area contributed by atoms with Crippen LogP contribution in [0.2, 0.25) is 5.02 Å². The lowest BCUT2D eigenvalue weighted by Gasteiger charge is -2.34. The minimum absolute atomic E-state index is 0.0491. The van der Waals surface area contributed by atoms with Crippen molar-refractivity contribution in [2.75, 3.05) is 52.5 Å². The molecule has 1 aromatic carbocycles. The van der Waals surface area contributed by atoms with Crippen molar-refractivity contribution < 1.29 is 14.3 Å². The van der Waals surface area contributed by atoms with Crippen molar-refractivity contribution in [3.8, 4) is 11.5 Å². The van der Waals surface area contributed by atoms with Crippen LogP contribution in [-0.4, -0.2) is 68.2 Å². The fraction of sp³-hybridized carbons (Fsp3) is 0.526. The number of carbonyl (C=O) groups excluding carboxylic acids is 1. The molecule has 1 N–H and O–H groups in total. The van der Waals surface area contributed by atoms with E-state index in [2.05, 4.69) is 21.7 Å². The summed E-state index contributed by atoms with van der Waals surface area (Å²) in [5.74, 6) is 1.44. The molecule has 0 saturated carbocycles. The first-order valence-electron chi connectivity index (χ1n) is 9.06. The van der Waals surface area contributed by atoms with Crippen LogP contribution >= 0.6 is 11.6 Å². The van der Waals surface area contributed by atoms with Gasteiger partial charge in [0.1, 0.15) is 0 Å². The highest BCUT2D eigenvalue weighted by molar-refractivity contribution is 6.32. The molecule has 3 rings (SSSR count). The van der Waals surface area contributed by atoms with E-state index in [9.17, 15) is 4.79 Å². The topological polar surface area (TPSA) is 54.0 Å². The molecule has 142 valence electrons. The van der Waals surface area contributed by atoms with Crippen molar-refractivity contribution in [3.63, 3.8) is 0 Å². The van der Waals surface area contributed by atoms with Gasteiger partial charge in [0.25, 0.3) is 0 Å². The number of benzene rings is 1. The van der Waals surface area contributed by atoms with Gasteiger partial charge in [-0.05, 0) is 17.7 Å². The Kier molecular flexibility index (Phi) is 6.77. The number of piperazine rings is 1. The highest BCUT2D eigenvalue weighted by Crippen LogP contribution is 2.38. The zero-order valence-electron chi connectivity index (χ0n) is 15.0. The molecule has 1 amide bonds. The van der Waals surface area contributed by atoms with Gasteiger partial charge >= 0.3 is 0 Å². The molecule has 0 aliphatic carbocycles. The van der Waals surface area contributed by atoms with Crippen molar-refractivity contribution >= 4 is 17.5 Å². The van der Waals surface area contributed by atoms with Gasteiger partial charge < -0.3 is 14.8 Å². The second-order valence-electron chi connectivity index (χ2n) is 6.60. The average Bonchev–Trinajstić information content (AvgIpc) is 2.87.